The lowest BCUT2D eigenvalue weighted by Crippen LogP contribution is -2.29. The molecule has 3 nitrogen and oxygen atoms in total. The zero-order valence-corrected chi connectivity index (χ0v) is 10.2. The smallest absolute Gasteiger partial charge is 0.116 e. The Morgan fingerprint density at radius 2 is 2.12 bits per heavy atom. The Morgan fingerprint density at radius 1 is 1.29 bits per heavy atom. The summed E-state index contributed by atoms with van der Waals surface area (Å²) in [6.07, 6.45) is 3.86. The first-order valence-corrected chi connectivity index (χ1v) is 6.62. The normalized spacial score (nSPS) is 24.4. The molecule has 2 N–H and O–H groups in total. The van der Waals surface area contributed by atoms with E-state index in [1.165, 1.54) is 43.6 Å². The van der Waals surface area contributed by atoms with E-state index in [0.717, 1.165) is 13.1 Å². The molecule has 0 radical (unpaired) electrons. The first-order chi connectivity index (χ1) is 8.33. The molecule has 17 heavy (non-hydrogen) atoms. The number of hydrogen-bond donors (Lipinski definition) is 2. The van der Waals surface area contributed by atoms with E-state index < -0.39 is 0 Å². The lowest BCUT2D eigenvalue weighted by molar-refractivity contribution is 0.307. The number of phenolic OH excluding ortho intramolecular Hbond substituents is 1. The third-order valence-corrected chi connectivity index (χ3v) is 3.96. The number of nitrogens with zero attached hydrogens (tertiary/aromatic N) is 1. The molecule has 0 bridgehead atoms. The molecule has 1 unspecified atom stereocenters. The maximum absolute atomic E-state index is 9.63. The summed E-state index contributed by atoms with van der Waals surface area (Å²) in [6, 6.07) is 5.70. The summed E-state index contributed by atoms with van der Waals surface area (Å²) in [7, 11) is 0. The van der Waals surface area contributed by atoms with Crippen LogP contribution < -0.4 is 5.32 Å². The van der Waals surface area contributed by atoms with Gasteiger partial charge >= 0.3 is 0 Å². The summed E-state index contributed by atoms with van der Waals surface area (Å²) >= 11 is 0. The van der Waals surface area contributed by atoms with Gasteiger partial charge in [0.2, 0.25) is 0 Å². The van der Waals surface area contributed by atoms with Crippen molar-refractivity contribution in [1.82, 2.24) is 4.90 Å². The standard InChI is InChI=1S/C14H20N2O/c17-12-3-4-14-13(9-12)11(5-6-15-14)10-16-7-1-2-8-16/h3-4,9,11,15,17H,1-2,5-8,10H2. The van der Waals surface area contributed by atoms with Gasteiger partial charge in [-0.15, -0.1) is 0 Å². The fourth-order valence-corrected chi connectivity index (χ4v) is 3.05. The van der Waals surface area contributed by atoms with Gasteiger partial charge in [0.1, 0.15) is 5.75 Å². The van der Waals surface area contributed by atoms with Crippen molar-refractivity contribution >= 4 is 5.69 Å². The Kier molecular flexibility index (Phi) is 2.93. The summed E-state index contributed by atoms with van der Waals surface area (Å²) < 4.78 is 0. The van der Waals surface area contributed by atoms with Gasteiger partial charge in [0.05, 0.1) is 0 Å². The van der Waals surface area contributed by atoms with Crippen LogP contribution in [-0.2, 0) is 0 Å². The van der Waals surface area contributed by atoms with Crippen molar-refractivity contribution in [1.29, 1.82) is 0 Å². The van der Waals surface area contributed by atoms with Crippen molar-refractivity contribution in [3.8, 4) is 5.75 Å². The monoisotopic (exact) mass is 232 g/mol. The molecule has 3 rings (SSSR count). The molecule has 1 saturated heterocycles. The van der Waals surface area contributed by atoms with Crippen molar-refractivity contribution < 1.29 is 5.11 Å². The van der Waals surface area contributed by atoms with E-state index in [4.69, 9.17) is 0 Å². The van der Waals surface area contributed by atoms with Crippen LogP contribution in [0.4, 0.5) is 5.69 Å². The quantitative estimate of drug-likeness (QED) is 0.769. The van der Waals surface area contributed by atoms with Gasteiger partial charge in [-0.05, 0) is 56.1 Å². The Labute approximate surface area is 102 Å². The molecule has 1 aromatic rings. The topological polar surface area (TPSA) is 35.5 Å². The molecular formula is C14H20N2O. The minimum atomic E-state index is 0.388. The molecule has 0 aromatic heterocycles. The summed E-state index contributed by atoms with van der Waals surface area (Å²) in [6.45, 7) is 4.70. The average molecular weight is 232 g/mol. The number of hydrogen-bond acceptors (Lipinski definition) is 3. The third kappa shape index (κ3) is 2.25. The van der Waals surface area contributed by atoms with E-state index in [2.05, 4.69) is 10.2 Å². The highest BCUT2D eigenvalue weighted by Crippen LogP contribution is 2.34. The van der Waals surface area contributed by atoms with Gasteiger partial charge in [0.15, 0.2) is 0 Å². The molecule has 0 amide bonds. The number of rotatable bonds is 2. The van der Waals surface area contributed by atoms with Crippen LogP contribution in [0.1, 0.15) is 30.7 Å². The zero-order chi connectivity index (χ0) is 11.7. The Hall–Kier alpha value is -1.22. The van der Waals surface area contributed by atoms with Crippen molar-refractivity contribution in [2.24, 2.45) is 0 Å². The lowest BCUT2D eigenvalue weighted by atomic mass is 9.90. The van der Waals surface area contributed by atoms with Gasteiger partial charge in [0, 0.05) is 24.7 Å². The van der Waals surface area contributed by atoms with Gasteiger partial charge in [-0.1, -0.05) is 0 Å². The summed E-state index contributed by atoms with van der Waals surface area (Å²) in [5.74, 6) is 0.968. The Bertz CT molecular complexity index is 399. The second kappa shape index (κ2) is 4.57. The number of fused-ring (bicyclic) bond motifs is 1. The molecule has 3 heteroatoms. The first-order valence-electron chi connectivity index (χ1n) is 6.62. The minimum Gasteiger partial charge on any atom is -0.508 e. The predicted octanol–water partition coefficient (Wildman–Crippen LogP) is 2.39. The van der Waals surface area contributed by atoms with E-state index in [0.29, 0.717) is 11.7 Å². The van der Waals surface area contributed by atoms with Crippen molar-refractivity contribution in [2.45, 2.75) is 25.2 Å². The van der Waals surface area contributed by atoms with Crippen LogP contribution in [0.3, 0.4) is 0 Å². The molecule has 2 heterocycles. The van der Waals surface area contributed by atoms with E-state index >= 15 is 0 Å². The third-order valence-electron chi connectivity index (χ3n) is 3.96. The highest BCUT2D eigenvalue weighted by Gasteiger charge is 2.23. The molecular weight excluding hydrogens is 212 g/mol. The van der Waals surface area contributed by atoms with Crippen LogP contribution in [0.25, 0.3) is 0 Å². The van der Waals surface area contributed by atoms with Crippen molar-refractivity contribution in [3.05, 3.63) is 23.8 Å². The minimum absolute atomic E-state index is 0.388. The fraction of sp³-hybridized carbons (Fsp3) is 0.571. The van der Waals surface area contributed by atoms with Crippen molar-refractivity contribution in [2.75, 3.05) is 31.5 Å². The lowest BCUT2D eigenvalue weighted by Gasteiger charge is -2.30. The van der Waals surface area contributed by atoms with E-state index in [1.807, 2.05) is 12.1 Å². The van der Waals surface area contributed by atoms with Crippen LogP contribution in [0.5, 0.6) is 5.75 Å². The molecule has 2 aliphatic rings. The molecule has 2 aliphatic heterocycles. The SMILES string of the molecule is Oc1ccc2c(c1)C(CN1CCCC1)CCN2. The van der Waals surface area contributed by atoms with E-state index in [1.54, 1.807) is 6.07 Å². The highest BCUT2D eigenvalue weighted by molar-refractivity contribution is 5.57. The molecule has 1 aromatic carbocycles. The number of likely N-dealkylation sites (tertiary alicyclic amines) is 1. The number of nitrogens with one attached hydrogen (secondary N) is 1. The number of aromatic hydroxyl groups is 1. The second-order valence-electron chi connectivity index (χ2n) is 5.19. The highest BCUT2D eigenvalue weighted by atomic mass is 16.3. The van der Waals surface area contributed by atoms with Gasteiger partial charge in [-0.2, -0.15) is 0 Å². The van der Waals surface area contributed by atoms with Gasteiger partial charge in [-0.25, -0.2) is 0 Å². The largest absolute Gasteiger partial charge is 0.508 e. The molecule has 1 atom stereocenters. The van der Waals surface area contributed by atoms with Crippen LogP contribution in [0.2, 0.25) is 0 Å². The van der Waals surface area contributed by atoms with Gasteiger partial charge < -0.3 is 15.3 Å². The van der Waals surface area contributed by atoms with Gasteiger partial charge in [-0.3, -0.25) is 0 Å². The van der Waals surface area contributed by atoms with Gasteiger partial charge in [0.25, 0.3) is 0 Å². The number of phenols is 1. The maximum atomic E-state index is 9.63. The summed E-state index contributed by atoms with van der Waals surface area (Å²) in [4.78, 5) is 2.56. The summed E-state index contributed by atoms with van der Waals surface area (Å²) in [5.41, 5.74) is 2.50. The average Bonchev–Trinajstić information content (AvgIpc) is 2.83. The maximum Gasteiger partial charge on any atom is 0.116 e. The molecule has 0 aliphatic carbocycles. The first kappa shape index (κ1) is 10.9. The fourth-order valence-electron chi connectivity index (χ4n) is 3.05. The molecule has 0 spiro atoms. The Morgan fingerprint density at radius 3 is 2.94 bits per heavy atom. The predicted molar refractivity (Wildman–Crippen MR) is 69.6 cm³/mol. The van der Waals surface area contributed by atoms with E-state index in [9.17, 15) is 5.11 Å². The van der Waals surface area contributed by atoms with Crippen LogP contribution in [-0.4, -0.2) is 36.2 Å². The number of anilines is 1. The van der Waals surface area contributed by atoms with Crippen LogP contribution in [0.15, 0.2) is 18.2 Å². The Balaban J connectivity index is 1.80. The number of benzene rings is 1. The van der Waals surface area contributed by atoms with Crippen LogP contribution >= 0.6 is 0 Å². The molecule has 0 saturated carbocycles. The molecule has 92 valence electrons. The second-order valence-corrected chi connectivity index (χ2v) is 5.19. The van der Waals surface area contributed by atoms with Crippen LogP contribution in [0, 0.1) is 0 Å². The van der Waals surface area contributed by atoms with E-state index in [-0.39, 0.29) is 0 Å². The zero-order valence-electron chi connectivity index (χ0n) is 10.2. The van der Waals surface area contributed by atoms with Crippen molar-refractivity contribution in [3.63, 3.8) is 0 Å². The summed E-state index contributed by atoms with van der Waals surface area (Å²) in [5, 5.41) is 13.0. The molecule has 1 fully saturated rings.